The van der Waals surface area contributed by atoms with Gasteiger partial charge in [0.15, 0.2) is 0 Å². The largest absolute Gasteiger partial charge is 0.514 e. The molecule has 0 radical (unpaired) electrons. The molecule has 3 saturated carbocycles. The normalized spacial score (nSPS) is 35.4. The van der Waals surface area contributed by atoms with E-state index in [1.165, 1.54) is 49.9 Å². The molecule has 5 heterocycles. The third kappa shape index (κ3) is 15.4. The van der Waals surface area contributed by atoms with E-state index in [1.807, 2.05) is 13.8 Å². The lowest BCUT2D eigenvalue weighted by atomic mass is 9.68. The Morgan fingerprint density at radius 3 is 1.59 bits per heavy atom. The van der Waals surface area contributed by atoms with Gasteiger partial charge < -0.3 is 57.7 Å². The highest BCUT2D eigenvalue weighted by atomic mass is 35.5. The van der Waals surface area contributed by atoms with Gasteiger partial charge in [-0.2, -0.15) is 0 Å². The highest BCUT2D eigenvalue weighted by Gasteiger charge is 2.73. The van der Waals surface area contributed by atoms with Gasteiger partial charge in [0.05, 0.1) is 52.6 Å². The van der Waals surface area contributed by atoms with Gasteiger partial charge in [0, 0.05) is 32.9 Å². The van der Waals surface area contributed by atoms with E-state index in [9.17, 15) is 29.9 Å². The number of ether oxygens (including phenoxy) is 9. The van der Waals surface area contributed by atoms with Gasteiger partial charge in [-0.05, 0) is 123 Å². The number of halogens is 2. The standard InChI is InChI=1S/C24H39NO6.C23H29NO8.C8H16O.CH2Cl2.CH4/c1-15(2)9-10-18-23(5,31-18)20-19(28-6)16(11-12-24(20)14-29-24)30-21(26)25-13-7-8-17(25)22(3,4)27;1-14(2)5-10-18-22(3,32-18)20-19(28-4)17(11-12-23(20)13-29-23)31-21(25)30-16-8-6-15(7-9-16)24(26)27;1-8(2,9)7-5-3-4-6-7;2-1-3;/h9-10,15-20,27H,7-8,11-14H2,1-6H3;5-10,14,17-20H,11-13H2,1-4H3;7,9H,3-6H2,1-2H3;1H2;1H4/b10-9+;10-5+;;;/t16-,17?,18-,19-,20?,23-,24+;17-,18-,19-,20?,22-,23+;;;/m11.../s1. The summed E-state index contributed by atoms with van der Waals surface area (Å²) in [5.74, 6) is 1.50. The molecule has 13 atom stereocenters. The van der Waals surface area contributed by atoms with Crippen molar-refractivity contribution >= 4 is 41.1 Å². The minimum absolute atomic E-state index is 0. The van der Waals surface area contributed by atoms with E-state index in [0.29, 0.717) is 50.4 Å². The van der Waals surface area contributed by atoms with Crippen molar-refractivity contribution in [1.82, 2.24) is 4.90 Å². The number of carbonyl (C=O) groups excluding carboxylic acids is 2. The maximum absolute atomic E-state index is 13.1. The summed E-state index contributed by atoms with van der Waals surface area (Å²) in [6.45, 7) is 22.0. The summed E-state index contributed by atoms with van der Waals surface area (Å²) in [5.41, 5.74) is -2.89. The second-order valence-electron chi connectivity index (χ2n) is 23.8. The van der Waals surface area contributed by atoms with Crippen LogP contribution in [0, 0.1) is 39.7 Å². The van der Waals surface area contributed by atoms with Crippen LogP contribution < -0.4 is 4.74 Å². The van der Waals surface area contributed by atoms with E-state index in [2.05, 4.69) is 65.8 Å². The van der Waals surface area contributed by atoms with Crippen LogP contribution in [0.1, 0.15) is 141 Å². The van der Waals surface area contributed by atoms with E-state index in [0.717, 1.165) is 25.7 Å². The van der Waals surface area contributed by atoms with Gasteiger partial charge in [-0.3, -0.25) is 10.1 Å². The molecule has 76 heavy (non-hydrogen) atoms. The fourth-order valence-electron chi connectivity index (χ4n) is 12.3. The molecule has 432 valence electrons. The van der Waals surface area contributed by atoms with E-state index in [1.54, 1.807) is 33.0 Å². The molecule has 3 aliphatic carbocycles. The van der Waals surface area contributed by atoms with Crippen LogP contribution in [0.15, 0.2) is 48.6 Å². The Bertz CT molecular complexity index is 2120. The molecule has 17 nitrogen and oxygen atoms in total. The molecule has 0 bridgehead atoms. The number of nitro groups is 1. The number of benzene rings is 1. The number of alkyl halides is 2. The lowest BCUT2D eigenvalue weighted by molar-refractivity contribution is -0.384. The number of nitrogens with zero attached hydrogens (tertiary/aromatic N) is 2. The number of epoxide rings is 4. The van der Waals surface area contributed by atoms with Crippen LogP contribution in [-0.2, 0) is 37.9 Å². The van der Waals surface area contributed by atoms with Gasteiger partial charge in [0.25, 0.3) is 5.69 Å². The van der Waals surface area contributed by atoms with Crippen LogP contribution >= 0.6 is 23.2 Å². The van der Waals surface area contributed by atoms with Gasteiger partial charge in [0.2, 0.25) is 0 Å². The zero-order chi connectivity index (χ0) is 55.3. The van der Waals surface area contributed by atoms with E-state index in [4.69, 9.17) is 65.8 Å². The zero-order valence-electron chi connectivity index (χ0n) is 46.3. The minimum atomic E-state index is -0.956. The van der Waals surface area contributed by atoms with Crippen molar-refractivity contribution in [3.63, 3.8) is 0 Å². The van der Waals surface area contributed by atoms with Crippen LogP contribution in [0.5, 0.6) is 5.75 Å². The van der Waals surface area contributed by atoms with Crippen molar-refractivity contribution in [2.45, 2.75) is 217 Å². The maximum atomic E-state index is 13.1. The van der Waals surface area contributed by atoms with Gasteiger partial charge in [0.1, 0.15) is 64.8 Å². The fourth-order valence-corrected chi connectivity index (χ4v) is 12.3. The van der Waals surface area contributed by atoms with Gasteiger partial charge in [-0.25, -0.2) is 9.59 Å². The average molecular weight is 1110 g/mol. The first kappa shape index (κ1) is 63.7. The SMILES string of the molecule is C.CC(C)(O)C1CCCC1.CO[C@H]1C([C@]2(C)O[C@@H]2/C=C/C(C)C)[C@]2(CC[C@H]1OC(=O)N1CCCC1C(C)(C)O)CO2.CO[C@H]1C([C@]2(C)O[C@@H]2/C=C/C(C)C)[C@]2(CC[C@H]1OC(=O)Oc1ccc([N+](=O)[O-])cc1)CO2.ClCCl. The quantitative estimate of drug-likeness (QED) is 0.0337. The van der Waals surface area contributed by atoms with Crippen molar-refractivity contribution in [3.8, 4) is 5.75 Å². The van der Waals surface area contributed by atoms with Crippen LogP contribution in [0.4, 0.5) is 15.3 Å². The van der Waals surface area contributed by atoms with E-state index in [-0.39, 0.29) is 83.8 Å². The number of rotatable bonds is 14. The molecule has 1 aromatic carbocycles. The fraction of sp³-hybridized carbons (Fsp3) is 0.789. The van der Waals surface area contributed by atoms with Crippen molar-refractivity contribution in [2.24, 2.45) is 29.6 Å². The first-order valence-electron chi connectivity index (χ1n) is 26.9. The molecule has 3 unspecified atom stereocenters. The molecule has 19 heteroatoms. The number of aliphatic hydroxyl groups is 2. The monoisotopic (exact) mass is 1110 g/mol. The third-order valence-corrected chi connectivity index (χ3v) is 16.6. The Kier molecular flexibility index (Phi) is 21.8. The molecule has 2 spiro atoms. The van der Waals surface area contributed by atoms with Crippen LogP contribution in [0.25, 0.3) is 0 Å². The van der Waals surface area contributed by atoms with Crippen molar-refractivity contribution in [3.05, 3.63) is 58.7 Å². The number of hydrogen-bond acceptors (Lipinski definition) is 15. The number of amides is 1. The average Bonchev–Trinajstić information content (AvgIpc) is 4.32. The zero-order valence-corrected chi connectivity index (χ0v) is 47.8. The van der Waals surface area contributed by atoms with Gasteiger partial charge >= 0.3 is 12.2 Å². The molecule has 0 aromatic heterocycles. The molecule has 9 rings (SSSR count). The third-order valence-electron chi connectivity index (χ3n) is 16.6. The summed E-state index contributed by atoms with van der Waals surface area (Å²) in [7, 11) is 3.28. The number of nitro benzene ring substituents is 1. The maximum Gasteiger partial charge on any atom is 0.514 e. The number of likely N-dealkylation sites (tertiary alicyclic amines) is 1. The van der Waals surface area contributed by atoms with Crippen molar-refractivity contribution < 1.29 is 67.4 Å². The second-order valence-corrected chi connectivity index (χ2v) is 24.6. The predicted molar refractivity (Wildman–Crippen MR) is 291 cm³/mol. The van der Waals surface area contributed by atoms with E-state index >= 15 is 0 Å². The Morgan fingerprint density at radius 2 is 1.22 bits per heavy atom. The molecule has 8 fully saturated rings. The highest BCUT2D eigenvalue weighted by molar-refractivity contribution is 6.40. The number of carbonyl (C=O) groups is 2. The number of allylic oxidation sites excluding steroid dienone is 2. The summed E-state index contributed by atoms with van der Waals surface area (Å²) >= 11 is 9.53. The minimum Gasteiger partial charge on any atom is -0.443 e. The predicted octanol–water partition coefficient (Wildman–Crippen LogP) is 11.3. The van der Waals surface area contributed by atoms with Crippen molar-refractivity contribution in [2.75, 3.05) is 39.3 Å². The van der Waals surface area contributed by atoms with Crippen LogP contribution in [-0.4, -0.2) is 148 Å². The van der Waals surface area contributed by atoms with E-state index < -0.39 is 45.7 Å². The molecule has 1 aromatic rings. The number of hydrogen-bond donors (Lipinski definition) is 2. The highest BCUT2D eigenvalue weighted by Crippen LogP contribution is 2.61. The van der Waals surface area contributed by atoms with Crippen LogP contribution in [0.3, 0.4) is 0 Å². The Balaban J connectivity index is 0.000000228. The summed E-state index contributed by atoms with van der Waals surface area (Å²) in [4.78, 5) is 37.5. The molecular weight excluding hydrogens is 1020 g/mol. The topological polar surface area (TPSA) is 217 Å². The van der Waals surface area contributed by atoms with Gasteiger partial charge in [-0.1, -0.05) is 72.3 Å². The van der Waals surface area contributed by atoms with Crippen LogP contribution in [0.2, 0.25) is 0 Å². The molecular formula is C57H90Cl2N2O15. The first-order valence-corrected chi connectivity index (χ1v) is 28.0. The van der Waals surface area contributed by atoms with Crippen molar-refractivity contribution in [1.29, 1.82) is 0 Å². The summed E-state index contributed by atoms with van der Waals surface area (Å²) in [6.07, 6.45) is 15.2. The smallest absolute Gasteiger partial charge is 0.443 e. The molecule has 1 amide bonds. The van der Waals surface area contributed by atoms with Gasteiger partial charge in [-0.15, -0.1) is 23.2 Å². The Hall–Kier alpha value is -3.10. The Morgan fingerprint density at radius 1 is 0.776 bits per heavy atom. The molecule has 2 N–H and O–H groups in total. The molecule has 5 saturated heterocycles. The summed E-state index contributed by atoms with van der Waals surface area (Å²) in [5, 5.41) is 31.0. The number of methoxy groups -OCH3 is 2. The lowest BCUT2D eigenvalue weighted by Crippen LogP contribution is -2.57. The molecule has 8 aliphatic rings. The summed E-state index contributed by atoms with van der Waals surface area (Å²) < 4.78 is 52.8. The first-order chi connectivity index (χ1) is 35.2. The summed E-state index contributed by atoms with van der Waals surface area (Å²) in [6, 6.07) is 5.01. The lowest BCUT2D eigenvalue weighted by Gasteiger charge is -2.43. The number of non-ortho nitro benzene ring substituents is 1. The second kappa shape index (κ2) is 26.0. The molecule has 5 aliphatic heterocycles. The Labute approximate surface area is 462 Å².